The lowest BCUT2D eigenvalue weighted by Crippen LogP contribution is -2.42. The Morgan fingerprint density at radius 2 is 2.00 bits per heavy atom. The van der Waals surface area contributed by atoms with Crippen molar-refractivity contribution in [1.29, 1.82) is 0 Å². The molecular formula is C26H30N2O3. The van der Waals surface area contributed by atoms with Crippen LogP contribution in [0.1, 0.15) is 53.2 Å². The summed E-state index contributed by atoms with van der Waals surface area (Å²) in [6.45, 7) is 5.70. The summed E-state index contributed by atoms with van der Waals surface area (Å²) in [5, 5.41) is 12.6. The third kappa shape index (κ3) is 5.66. The van der Waals surface area contributed by atoms with E-state index < -0.39 is 6.10 Å². The zero-order valence-corrected chi connectivity index (χ0v) is 18.1. The Labute approximate surface area is 184 Å². The minimum atomic E-state index is -0.617. The monoisotopic (exact) mass is 418 g/mol. The van der Waals surface area contributed by atoms with Gasteiger partial charge in [-0.25, -0.2) is 0 Å². The van der Waals surface area contributed by atoms with Gasteiger partial charge in [0.1, 0.15) is 18.5 Å². The molecule has 0 spiro atoms. The predicted molar refractivity (Wildman–Crippen MR) is 121 cm³/mol. The Hall–Kier alpha value is -2.81. The zero-order chi connectivity index (χ0) is 21.6. The fraction of sp³-hybridized carbons (Fsp3) is 0.423. The molecule has 2 N–H and O–H groups in total. The SMILES string of the molecule is CCC(O)C#Cc1ccc(C(=O)N[C@H]2COc3cc(CN4CCCC4)ccc3C2)cc1. The number of aliphatic hydroxyl groups is 1. The Kier molecular flexibility index (Phi) is 6.91. The number of carbonyl (C=O) groups is 1. The molecule has 2 aliphatic heterocycles. The molecule has 0 saturated carbocycles. The van der Waals surface area contributed by atoms with Crippen LogP contribution in [0.4, 0.5) is 0 Å². The molecule has 1 saturated heterocycles. The van der Waals surface area contributed by atoms with Gasteiger partial charge in [0.15, 0.2) is 0 Å². The highest BCUT2D eigenvalue weighted by atomic mass is 16.5. The number of fused-ring (bicyclic) bond motifs is 1. The maximum absolute atomic E-state index is 12.6. The zero-order valence-electron chi connectivity index (χ0n) is 18.1. The van der Waals surface area contributed by atoms with Crippen molar-refractivity contribution >= 4 is 5.91 Å². The van der Waals surface area contributed by atoms with Crippen LogP contribution in [0.15, 0.2) is 42.5 Å². The van der Waals surface area contributed by atoms with E-state index >= 15 is 0 Å². The number of rotatable bonds is 5. The molecule has 5 heteroatoms. The van der Waals surface area contributed by atoms with Gasteiger partial charge in [-0.3, -0.25) is 9.69 Å². The number of nitrogens with one attached hydrogen (secondary N) is 1. The molecule has 2 aromatic rings. The van der Waals surface area contributed by atoms with Crippen LogP contribution in [-0.4, -0.2) is 47.8 Å². The molecule has 0 radical (unpaired) electrons. The molecule has 2 aliphatic rings. The first-order valence-electron chi connectivity index (χ1n) is 11.2. The van der Waals surface area contributed by atoms with Crippen molar-refractivity contribution in [2.75, 3.05) is 19.7 Å². The maximum Gasteiger partial charge on any atom is 0.251 e. The lowest BCUT2D eigenvalue weighted by molar-refractivity contribution is 0.0915. The van der Waals surface area contributed by atoms with E-state index in [1.165, 1.54) is 31.5 Å². The second-order valence-electron chi connectivity index (χ2n) is 8.38. The van der Waals surface area contributed by atoms with Crippen molar-refractivity contribution < 1.29 is 14.6 Å². The summed E-state index contributed by atoms with van der Waals surface area (Å²) in [7, 11) is 0. The van der Waals surface area contributed by atoms with Gasteiger partial charge in [0.2, 0.25) is 0 Å². The molecule has 0 bridgehead atoms. The summed E-state index contributed by atoms with van der Waals surface area (Å²) in [5.41, 5.74) is 3.80. The van der Waals surface area contributed by atoms with Gasteiger partial charge in [-0.05, 0) is 80.2 Å². The van der Waals surface area contributed by atoms with Crippen LogP contribution in [0, 0.1) is 11.8 Å². The summed E-state index contributed by atoms with van der Waals surface area (Å²) in [4.78, 5) is 15.1. The van der Waals surface area contributed by atoms with Crippen LogP contribution in [0.3, 0.4) is 0 Å². The molecule has 2 atom stereocenters. The molecule has 2 aromatic carbocycles. The summed E-state index contributed by atoms with van der Waals surface area (Å²) < 4.78 is 5.99. The van der Waals surface area contributed by atoms with E-state index in [-0.39, 0.29) is 11.9 Å². The van der Waals surface area contributed by atoms with Gasteiger partial charge in [0.05, 0.1) is 6.04 Å². The van der Waals surface area contributed by atoms with Gasteiger partial charge in [-0.15, -0.1) is 0 Å². The second kappa shape index (κ2) is 10.00. The van der Waals surface area contributed by atoms with Gasteiger partial charge in [-0.2, -0.15) is 0 Å². The lowest BCUT2D eigenvalue weighted by atomic mass is 10.00. The topological polar surface area (TPSA) is 61.8 Å². The Balaban J connectivity index is 1.33. The first-order chi connectivity index (χ1) is 15.1. The summed E-state index contributed by atoms with van der Waals surface area (Å²) >= 11 is 0. The third-order valence-corrected chi connectivity index (χ3v) is 5.89. The number of carbonyl (C=O) groups excluding carboxylic acids is 1. The van der Waals surface area contributed by atoms with Crippen molar-refractivity contribution in [2.45, 2.75) is 51.3 Å². The second-order valence-corrected chi connectivity index (χ2v) is 8.38. The van der Waals surface area contributed by atoms with Crippen molar-refractivity contribution in [3.05, 3.63) is 64.7 Å². The predicted octanol–water partition coefficient (Wildman–Crippen LogP) is 3.14. The number of hydrogen-bond donors (Lipinski definition) is 2. The first-order valence-corrected chi connectivity index (χ1v) is 11.2. The number of amides is 1. The van der Waals surface area contributed by atoms with Crippen LogP contribution in [0.25, 0.3) is 0 Å². The van der Waals surface area contributed by atoms with E-state index in [0.29, 0.717) is 18.6 Å². The van der Waals surface area contributed by atoms with Crippen LogP contribution in [0.2, 0.25) is 0 Å². The molecule has 162 valence electrons. The van der Waals surface area contributed by atoms with E-state index in [0.717, 1.165) is 29.8 Å². The molecule has 2 heterocycles. The Bertz CT molecular complexity index is 968. The first kappa shape index (κ1) is 21.4. The van der Waals surface area contributed by atoms with Gasteiger partial charge in [0, 0.05) is 17.7 Å². The van der Waals surface area contributed by atoms with Crippen LogP contribution in [-0.2, 0) is 13.0 Å². The van der Waals surface area contributed by atoms with Gasteiger partial charge >= 0.3 is 0 Å². The number of likely N-dealkylation sites (tertiary alicyclic amines) is 1. The summed E-state index contributed by atoms with van der Waals surface area (Å²) in [6, 6.07) is 13.6. The fourth-order valence-corrected chi connectivity index (χ4v) is 4.05. The van der Waals surface area contributed by atoms with E-state index in [4.69, 9.17) is 4.74 Å². The van der Waals surface area contributed by atoms with Crippen LogP contribution < -0.4 is 10.1 Å². The molecule has 4 rings (SSSR count). The van der Waals surface area contributed by atoms with Gasteiger partial charge in [0.25, 0.3) is 5.91 Å². The van der Waals surface area contributed by atoms with Crippen molar-refractivity contribution in [2.24, 2.45) is 0 Å². The molecule has 5 nitrogen and oxygen atoms in total. The third-order valence-electron chi connectivity index (χ3n) is 5.89. The van der Waals surface area contributed by atoms with Gasteiger partial charge < -0.3 is 15.2 Å². The van der Waals surface area contributed by atoms with Crippen molar-refractivity contribution in [3.63, 3.8) is 0 Å². The van der Waals surface area contributed by atoms with Crippen molar-refractivity contribution in [3.8, 4) is 17.6 Å². The molecule has 0 aromatic heterocycles. The number of aliphatic hydroxyl groups excluding tert-OH is 1. The maximum atomic E-state index is 12.6. The molecular weight excluding hydrogens is 388 g/mol. The Morgan fingerprint density at radius 1 is 1.23 bits per heavy atom. The van der Waals surface area contributed by atoms with E-state index in [2.05, 4.69) is 40.3 Å². The standard InChI is InChI=1S/C26H30N2O3/c1-2-24(29)12-8-19-5-9-21(10-6-19)26(30)27-23-16-22-11-7-20(15-25(22)31-18-23)17-28-13-3-4-14-28/h5-7,9-11,15,23-24,29H,2-4,13-14,16-18H2,1H3,(H,27,30)/t23-,24?/m1/s1. The summed E-state index contributed by atoms with van der Waals surface area (Å²) in [6.07, 6.45) is 3.33. The molecule has 1 amide bonds. The minimum Gasteiger partial charge on any atom is -0.491 e. The van der Waals surface area contributed by atoms with Crippen LogP contribution in [0.5, 0.6) is 5.75 Å². The largest absolute Gasteiger partial charge is 0.491 e. The quantitative estimate of drug-likeness (QED) is 0.733. The average molecular weight is 419 g/mol. The Morgan fingerprint density at radius 3 is 2.74 bits per heavy atom. The smallest absolute Gasteiger partial charge is 0.251 e. The van der Waals surface area contributed by atoms with Gasteiger partial charge in [-0.1, -0.05) is 30.9 Å². The van der Waals surface area contributed by atoms with Crippen molar-refractivity contribution in [1.82, 2.24) is 10.2 Å². The van der Waals surface area contributed by atoms with Crippen LogP contribution >= 0.6 is 0 Å². The number of benzene rings is 2. The molecule has 1 fully saturated rings. The normalized spacial score (nSPS) is 19.0. The number of hydrogen-bond acceptors (Lipinski definition) is 4. The molecule has 0 aliphatic carbocycles. The fourth-order valence-electron chi connectivity index (χ4n) is 4.05. The van der Waals surface area contributed by atoms with E-state index in [1.54, 1.807) is 24.3 Å². The van der Waals surface area contributed by atoms with E-state index in [1.807, 2.05) is 6.92 Å². The molecule has 1 unspecified atom stereocenters. The van der Waals surface area contributed by atoms with E-state index in [9.17, 15) is 9.90 Å². The number of ether oxygens (including phenoxy) is 1. The lowest BCUT2D eigenvalue weighted by Gasteiger charge is -2.27. The highest BCUT2D eigenvalue weighted by Crippen LogP contribution is 2.27. The number of nitrogens with zero attached hydrogens (tertiary/aromatic N) is 1. The highest BCUT2D eigenvalue weighted by molar-refractivity contribution is 5.94. The highest BCUT2D eigenvalue weighted by Gasteiger charge is 2.23. The minimum absolute atomic E-state index is 0.0522. The molecule has 31 heavy (non-hydrogen) atoms. The average Bonchev–Trinajstić information content (AvgIpc) is 3.31. The summed E-state index contributed by atoms with van der Waals surface area (Å²) in [5.74, 6) is 6.54.